The summed E-state index contributed by atoms with van der Waals surface area (Å²) >= 11 is 3.72. The lowest BCUT2D eigenvalue weighted by atomic mass is 9.81. The first-order valence-electron chi connectivity index (χ1n) is 12.3. The summed E-state index contributed by atoms with van der Waals surface area (Å²) in [6.45, 7) is 6.71. The van der Waals surface area contributed by atoms with Crippen LogP contribution in [0.25, 0.3) is 10.9 Å². The molecule has 3 aromatic rings. The lowest BCUT2D eigenvalue weighted by Crippen LogP contribution is -2.33. The van der Waals surface area contributed by atoms with Gasteiger partial charge >= 0.3 is 0 Å². The van der Waals surface area contributed by atoms with Crippen LogP contribution < -0.4 is 4.90 Å². The summed E-state index contributed by atoms with van der Waals surface area (Å²) in [5.41, 5.74) is 3.70. The van der Waals surface area contributed by atoms with Crippen molar-refractivity contribution in [2.24, 2.45) is 0 Å². The molecule has 190 valence electrons. The summed E-state index contributed by atoms with van der Waals surface area (Å²) < 4.78 is 0.926. The molecular formula is C30H37BrN3OP. The summed E-state index contributed by atoms with van der Waals surface area (Å²) in [5.74, 6) is 5.22. The molecule has 0 radical (unpaired) electrons. The largest absolute Gasteiger partial charge is 0.380 e. The molecular weight excluding hydrogens is 529 g/mol. The molecule has 0 fully saturated rings. The van der Waals surface area contributed by atoms with E-state index < -0.39 is 5.60 Å². The average Bonchev–Trinajstić information content (AvgIpc) is 2.85. The van der Waals surface area contributed by atoms with Crippen LogP contribution in [0, 0.1) is 0 Å². The quantitative estimate of drug-likeness (QED) is 0.254. The molecule has 6 heteroatoms. The Bertz CT molecular complexity index is 1270. The van der Waals surface area contributed by atoms with Gasteiger partial charge in [-0.1, -0.05) is 60.6 Å². The highest BCUT2D eigenvalue weighted by atomic mass is 79.9. The molecule has 0 amide bonds. The zero-order chi connectivity index (χ0) is 26.3. The monoisotopic (exact) mass is 565 g/mol. The van der Waals surface area contributed by atoms with Crippen LogP contribution in [-0.4, -0.2) is 42.7 Å². The normalized spacial score (nSPS) is 14.3. The highest BCUT2D eigenvalue weighted by molar-refractivity contribution is 9.10. The number of benzene rings is 1. The average molecular weight is 567 g/mol. The van der Waals surface area contributed by atoms with E-state index in [0.717, 1.165) is 50.9 Å². The minimum Gasteiger partial charge on any atom is -0.380 e. The second kappa shape index (κ2) is 12.8. The smallest absolute Gasteiger partial charge is 0.136 e. The molecule has 1 aromatic carbocycles. The van der Waals surface area contributed by atoms with Gasteiger partial charge in [-0.05, 0) is 82.2 Å². The van der Waals surface area contributed by atoms with Gasteiger partial charge in [0, 0.05) is 47.2 Å². The second-order valence-corrected chi connectivity index (χ2v) is 11.1. The lowest BCUT2D eigenvalue weighted by Gasteiger charge is -2.33. The number of allylic oxidation sites excluding steroid dienone is 3. The van der Waals surface area contributed by atoms with E-state index >= 15 is 0 Å². The third-order valence-electron chi connectivity index (χ3n) is 6.29. The number of hydrogen-bond acceptors (Lipinski definition) is 4. The number of aliphatic hydroxyl groups is 1. The van der Waals surface area contributed by atoms with Crippen LogP contribution in [0.2, 0.25) is 0 Å². The van der Waals surface area contributed by atoms with Crippen molar-refractivity contribution >= 4 is 40.8 Å². The summed E-state index contributed by atoms with van der Waals surface area (Å²) in [7, 11) is 7.31. The number of rotatable bonds is 10. The third kappa shape index (κ3) is 6.52. The Balaban J connectivity index is 2.32. The van der Waals surface area contributed by atoms with Crippen LogP contribution in [-0.2, 0) is 12.0 Å². The van der Waals surface area contributed by atoms with Gasteiger partial charge in [-0.2, -0.15) is 0 Å². The minimum atomic E-state index is -1.19. The topological polar surface area (TPSA) is 39.6 Å². The molecule has 2 aromatic heterocycles. The SMILES string of the molecule is C/C=C\C(=C/C)C(O)(CCN(C)C)c1cc(Br)cc2cc(Cc3ccpcc3)c(N(C)/C=C\C)nc12. The van der Waals surface area contributed by atoms with Crippen molar-refractivity contribution in [3.8, 4) is 0 Å². The maximum atomic E-state index is 12.4. The third-order valence-corrected chi connectivity index (χ3v) is 7.39. The molecule has 1 N–H and O–H groups in total. The summed E-state index contributed by atoms with van der Waals surface area (Å²) in [6.07, 6.45) is 11.4. The van der Waals surface area contributed by atoms with Crippen molar-refractivity contribution in [2.75, 3.05) is 32.6 Å². The molecule has 0 saturated heterocycles. The lowest BCUT2D eigenvalue weighted by molar-refractivity contribution is 0.0632. The highest BCUT2D eigenvalue weighted by Gasteiger charge is 2.35. The van der Waals surface area contributed by atoms with Gasteiger partial charge in [-0.3, -0.25) is 0 Å². The second-order valence-electron chi connectivity index (χ2n) is 9.28. The van der Waals surface area contributed by atoms with Gasteiger partial charge < -0.3 is 14.9 Å². The Kier molecular flexibility index (Phi) is 10.0. The Labute approximate surface area is 226 Å². The van der Waals surface area contributed by atoms with E-state index in [4.69, 9.17) is 4.98 Å². The number of pyridine rings is 1. The molecule has 0 aliphatic rings. The van der Waals surface area contributed by atoms with E-state index in [1.807, 2.05) is 78.5 Å². The molecule has 0 spiro atoms. The first-order chi connectivity index (χ1) is 17.2. The Hall–Kier alpha value is -2.30. The molecule has 3 rings (SSSR count). The molecule has 1 atom stereocenters. The van der Waals surface area contributed by atoms with Gasteiger partial charge in [0.1, 0.15) is 11.4 Å². The van der Waals surface area contributed by atoms with Crippen molar-refractivity contribution < 1.29 is 5.11 Å². The predicted molar refractivity (Wildman–Crippen MR) is 160 cm³/mol. The van der Waals surface area contributed by atoms with Gasteiger partial charge in [0.2, 0.25) is 0 Å². The van der Waals surface area contributed by atoms with Crippen LogP contribution in [0.1, 0.15) is 43.9 Å². The molecule has 0 aliphatic carbocycles. The van der Waals surface area contributed by atoms with Crippen molar-refractivity contribution in [2.45, 2.75) is 39.2 Å². The summed E-state index contributed by atoms with van der Waals surface area (Å²) in [5, 5.41) is 13.4. The first-order valence-corrected chi connectivity index (χ1v) is 14.1. The highest BCUT2D eigenvalue weighted by Crippen LogP contribution is 2.40. The first kappa shape index (κ1) is 28.3. The van der Waals surface area contributed by atoms with Gasteiger partial charge in [0.05, 0.1) is 5.52 Å². The number of nitrogens with zero attached hydrogens (tertiary/aromatic N) is 3. The molecule has 0 saturated carbocycles. The summed E-state index contributed by atoms with van der Waals surface area (Å²) in [6, 6.07) is 10.7. The number of aromatic nitrogens is 1. The van der Waals surface area contributed by atoms with Crippen LogP contribution in [0.3, 0.4) is 0 Å². The van der Waals surface area contributed by atoms with Crippen LogP contribution in [0.15, 0.2) is 82.5 Å². The number of hydrogen-bond donors (Lipinski definition) is 1. The van der Waals surface area contributed by atoms with Gasteiger partial charge in [0.15, 0.2) is 0 Å². The van der Waals surface area contributed by atoms with Crippen molar-refractivity contribution in [1.29, 1.82) is 0 Å². The van der Waals surface area contributed by atoms with E-state index in [2.05, 4.69) is 61.6 Å². The minimum absolute atomic E-state index is 0.547. The fourth-order valence-corrected chi connectivity index (χ4v) is 5.65. The Morgan fingerprint density at radius 3 is 2.42 bits per heavy atom. The zero-order valence-electron chi connectivity index (χ0n) is 22.2. The molecule has 0 bridgehead atoms. The Morgan fingerprint density at radius 2 is 1.81 bits per heavy atom. The van der Waals surface area contributed by atoms with Crippen LogP contribution in [0.4, 0.5) is 5.82 Å². The Morgan fingerprint density at radius 1 is 1.08 bits per heavy atom. The van der Waals surface area contributed by atoms with Crippen LogP contribution >= 0.6 is 24.1 Å². The van der Waals surface area contributed by atoms with Gasteiger partial charge in [0.25, 0.3) is 0 Å². The van der Waals surface area contributed by atoms with Crippen molar-refractivity contribution in [3.63, 3.8) is 0 Å². The molecule has 1 unspecified atom stereocenters. The molecule has 36 heavy (non-hydrogen) atoms. The predicted octanol–water partition coefficient (Wildman–Crippen LogP) is 7.80. The number of halogens is 1. The molecule has 4 nitrogen and oxygen atoms in total. The van der Waals surface area contributed by atoms with E-state index in [0.29, 0.717) is 6.42 Å². The molecule has 2 heterocycles. The maximum Gasteiger partial charge on any atom is 0.136 e. The fourth-order valence-electron chi connectivity index (χ4n) is 4.52. The molecule has 0 aliphatic heterocycles. The zero-order valence-corrected chi connectivity index (χ0v) is 24.6. The van der Waals surface area contributed by atoms with Crippen LogP contribution in [0.5, 0.6) is 0 Å². The number of fused-ring (bicyclic) bond motifs is 1. The number of anilines is 1. The van der Waals surface area contributed by atoms with E-state index in [9.17, 15) is 5.11 Å². The van der Waals surface area contributed by atoms with Gasteiger partial charge in [-0.15, -0.1) is 0 Å². The van der Waals surface area contributed by atoms with Gasteiger partial charge in [-0.25, -0.2) is 4.98 Å². The fraction of sp³-hybridized carbons (Fsp3) is 0.333. The van der Waals surface area contributed by atoms with E-state index in [1.165, 1.54) is 13.8 Å². The maximum absolute atomic E-state index is 12.4. The van der Waals surface area contributed by atoms with E-state index in [1.54, 1.807) is 0 Å². The van der Waals surface area contributed by atoms with Crippen molar-refractivity contribution in [3.05, 3.63) is 99.2 Å². The summed E-state index contributed by atoms with van der Waals surface area (Å²) in [4.78, 5) is 9.41. The standard InChI is InChI=1S/C30H37BrN3OP/c1-7-10-25(9-3)30(35,13-15-33(4)5)27-21-26(31)20-23-19-24(18-22-11-16-36-17-12-22)29(32-28(23)27)34(6)14-8-2/h7-12,14,16-17,19-21,35H,13,15,18H2,1-6H3/b10-7-,14-8-,25-9+. The van der Waals surface area contributed by atoms with E-state index in [-0.39, 0.29) is 0 Å². The van der Waals surface area contributed by atoms with Crippen molar-refractivity contribution in [1.82, 2.24) is 9.88 Å².